The van der Waals surface area contributed by atoms with E-state index in [2.05, 4.69) is 174 Å². The number of nitrogens with zero attached hydrogens (tertiary/aromatic N) is 15. The second-order valence-corrected chi connectivity index (χ2v) is 22.4. The summed E-state index contributed by atoms with van der Waals surface area (Å²) >= 11 is 0. The Balaban J connectivity index is -0.00000122. The predicted molar refractivity (Wildman–Crippen MR) is 515 cm³/mol. The van der Waals surface area contributed by atoms with Crippen molar-refractivity contribution in [1.82, 2.24) is 74.8 Å². The highest BCUT2D eigenvalue weighted by molar-refractivity contribution is 5.86. The van der Waals surface area contributed by atoms with Gasteiger partial charge in [-0.25, -0.2) is 44.9 Å². The van der Waals surface area contributed by atoms with E-state index in [1.54, 1.807) is 18.6 Å². The topological polar surface area (TPSA) is 193 Å². The summed E-state index contributed by atoms with van der Waals surface area (Å²) in [7, 11) is 0. The molecule has 0 saturated carbocycles. The number of pyridine rings is 6. The van der Waals surface area contributed by atoms with Gasteiger partial charge in [-0.3, -0.25) is 29.9 Å². The van der Waals surface area contributed by atoms with Gasteiger partial charge in [0.25, 0.3) is 0 Å². The van der Waals surface area contributed by atoms with Crippen LogP contribution in [0.25, 0.3) is 75.9 Å². The van der Waals surface area contributed by atoms with Crippen molar-refractivity contribution in [2.24, 2.45) is 0 Å². The molecule has 17 aromatic rings. The first-order valence-electron chi connectivity index (χ1n) is 41.8. The molecule has 0 spiro atoms. The normalized spacial score (nSPS) is 8.76. The highest BCUT2D eigenvalue weighted by atomic mass is 15.0. The number of rotatable bonds is 0. The Morgan fingerprint density at radius 2 is 0.669 bits per heavy atom. The Labute approximate surface area is 710 Å². The van der Waals surface area contributed by atoms with E-state index in [0.29, 0.717) is 0 Å². The van der Waals surface area contributed by atoms with E-state index in [9.17, 15) is 0 Å². The van der Waals surface area contributed by atoms with Gasteiger partial charge >= 0.3 is 0 Å². The van der Waals surface area contributed by atoms with E-state index in [-0.39, 0.29) is 0 Å². The lowest BCUT2D eigenvalue weighted by atomic mass is 10.1. The van der Waals surface area contributed by atoms with Crippen molar-refractivity contribution in [3.05, 3.63) is 356 Å². The lowest BCUT2D eigenvalue weighted by Crippen LogP contribution is -1.86. The quantitative estimate of drug-likeness (QED) is 0.139. The van der Waals surface area contributed by atoms with Crippen LogP contribution in [0.5, 0.6) is 0 Å². The standard InChI is InChI=1S/6C10H9N.C9H8N2.2C5H6N2.C4H5N3.10C2H6/c1-8-6-11-7-9-4-2-3-5-10(8)9;1-8-6-9-4-2-3-5-10(9)7-11-8;1-8-6-9-4-2-3-5-10(9)11-7-8;1-8-10-5-3-2-4-9(10)6-7-11-8;1-8-6-7-11-10-5-3-2-4-9(8)10;1-8-6-7-9-4-2-3-5-10(9)11-8;1-7-10-6-8-4-2-3-5-9(8)11-7;1-5-2-6-4-7-3-5;1-5-2-3-6-4-7-5;1-4-6-2-5-3-7-4;10*1-2/h6*2-7H,1H3;2-6H,1H3;2*2-4H,1H3;2-3H,1H3;10*1-2H3. The Morgan fingerprint density at radius 3 is 1.19 bits per heavy atom. The molecule has 0 amide bonds. The maximum absolute atomic E-state index is 4.38. The summed E-state index contributed by atoms with van der Waals surface area (Å²) in [5, 5.41) is 12.3. The van der Waals surface area contributed by atoms with Crippen LogP contribution in [0.4, 0.5) is 0 Å². The van der Waals surface area contributed by atoms with E-state index in [1.165, 1.54) is 90.5 Å². The van der Waals surface area contributed by atoms with Crippen molar-refractivity contribution < 1.29 is 0 Å². The van der Waals surface area contributed by atoms with Crippen LogP contribution in [-0.4, -0.2) is 74.8 Å². The lowest BCUT2D eigenvalue weighted by molar-refractivity contribution is 0.974. The Kier molecular flexibility index (Phi) is 68.2. The Morgan fingerprint density at radius 1 is 0.195 bits per heavy atom. The summed E-state index contributed by atoms with van der Waals surface area (Å²) in [6.45, 7) is 59.9. The number of fused-ring (bicyclic) bond motifs is 7. The zero-order chi connectivity index (χ0) is 89.1. The molecule has 10 heterocycles. The highest BCUT2D eigenvalue weighted by Gasteiger charge is 1.99. The molecule has 0 unspecified atom stereocenters. The van der Waals surface area contributed by atoms with Gasteiger partial charge in [0.05, 0.1) is 22.1 Å². The molecule has 10 aromatic heterocycles. The van der Waals surface area contributed by atoms with E-state index < -0.39 is 0 Å². The largest absolute Gasteiger partial charge is 0.264 e. The fourth-order valence-corrected chi connectivity index (χ4v) is 9.41. The zero-order valence-corrected chi connectivity index (χ0v) is 77.0. The average Bonchev–Trinajstić information content (AvgIpc) is 0.834. The molecule has 0 bridgehead atoms. The molecule has 15 nitrogen and oxygen atoms in total. The molecule has 0 N–H and O–H groups in total. The van der Waals surface area contributed by atoms with Gasteiger partial charge in [0, 0.05) is 122 Å². The molecular formula is C103H139N15. The summed E-state index contributed by atoms with van der Waals surface area (Å²) < 4.78 is 0. The van der Waals surface area contributed by atoms with Crippen LogP contribution < -0.4 is 0 Å². The van der Waals surface area contributed by atoms with Crippen LogP contribution in [0, 0.1) is 69.2 Å². The van der Waals surface area contributed by atoms with Gasteiger partial charge < -0.3 is 0 Å². The van der Waals surface area contributed by atoms with Crippen LogP contribution in [0.1, 0.15) is 195 Å². The minimum absolute atomic E-state index is 0.759. The molecule has 0 aliphatic carbocycles. The van der Waals surface area contributed by atoms with Gasteiger partial charge in [0.15, 0.2) is 0 Å². The molecule has 0 fully saturated rings. The third kappa shape index (κ3) is 45.6. The second kappa shape index (κ2) is 73.4. The summed E-state index contributed by atoms with van der Waals surface area (Å²) in [5.41, 5.74) is 13.3. The fourth-order valence-electron chi connectivity index (χ4n) is 9.41. The smallest absolute Gasteiger partial charge is 0.128 e. The molecule has 7 aromatic carbocycles. The number of aryl methyl sites for hydroxylation is 10. The molecule has 0 saturated heterocycles. The van der Waals surface area contributed by atoms with Gasteiger partial charge in [-0.1, -0.05) is 290 Å². The van der Waals surface area contributed by atoms with Gasteiger partial charge in [-0.15, -0.1) is 0 Å². The number of benzene rings is 7. The predicted octanol–water partition coefficient (Wildman–Crippen LogP) is 29.2. The Bertz CT molecular complexity index is 4590. The number of aromatic nitrogens is 15. The highest BCUT2D eigenvalue weighted by Crippen LogP contribution is 2.19. The van der Waals surface area contributed by atoms with Crippen LogP contribution in [0.3, 0.4) is 0 Å². The summed E-state index contributed by atoms with van der Waals surface area (Å²) in [5.74, 6) is 1.58. The van der Waals surface area contributed by atoms with Crippen molar-refractivity contribution in [1.29, 1.82) is 0 Å². The summed E-state index contributed by atoms with van der Waals surface area (Å²) in [6, 6.07) is 71.5. The maximum atomic E-state index is 4.38. The minimum atomic E-state index is 0.759. The lowest BCUT2D eigenvalue weighted by Gasteiger charge is -1.98. The first kappa shape index (κ1) is 110. The third-order valence-corrected chi connectivity index (χ3v) is 14.5. The molecule has 0 atom stereocenters. The molecular weight excluding hydrogens is 1450 g/mol. The van der Waals surface area contributed by atoms with E-state index in [0.717, 1.165) is 67.4 Å². The van der Waals surface area contributed by atoms with Crippen molar-refractivity contribution >= 4 is 75.9 Å². The van der Waals surface area contributed by atoms with Gasteiger partial charge in [-0.2, -0.15) is 0 Å². The van der Waals surface area contributed by atoms with Gasteiger partial charge in [0.1, 0.15) is 37.0 Å². The minimum Gasteiger partial charge on any atom is -0.264 e. The molecule has 0 aliphatic rings. The molecule has 17 rings (SSSR count). The Hall–Kier alpha value is -12.5. The zero-order valence-electron chi connectivity index (χ0n) is 77.0. The number of hydrogen-bond acceptors (Lipinski definition) is 15. The van der Waals surface area contributed by atoms with Crippen molar-refractivity contribution in [3.8, 4) is 0 Å². The van der Waals surface area contributed by atoms with Gasteiger partial charge in [0.2, 0.25) is 0 Å². The molecule has 0 aliphatic heterocycles. The molecule has 15 heteroatoms. The molecule has 0 radical (unpaired) electrons. The van der Waals surface area contributed by atoms with Crippen molar-refractivity contribution in [3.63, 3.8) is 0 Å². The molecule has 626 valence electrons. The first-order valence-corrected chi connectivity index (χ1v) is 41.8. The van der Waals surface area contributed by atoms with E-state index in [4.69, 9.17) is 0 Å². The summed E-state index contributed by atoms with van der Waals surface area (Å²) in [6.07, 6.45) is 24.4. The monoisotopic (exact) mass is 1590 g/mol. The fraction of sp³-hybridized carbons (Fsp3) is 0.291. The van der Waals surface area contributed by atoms with E-state index >= 15 is 0 Å². The SMILES string of the molecule is CC.CC.CC.CC.CC.CC.CC.CC.CC.CC.Cc1cc2ccccc2cn1.Cc1ccc2ccccc2n1.Cc1ccnc2ccccc12.Cc1ccncn1.Cc1cnc2ccccc2c1.Cc1cncc2ccccc12.Cc1cncnc1.Cc1ncc2ccccc2n1.Cc1nccc2ccccc12.Cc1ncncn1. The van der Waals surface area contributed by atoms with Gasteiger partial charge in [-0.05, 0) is 168 Å². The first-order chi connectivity index (χ1) is 57.8. The van der Waals surface area contributed by atoms with Crippen LogP contribution >= 0.6 is 0 Å². The number of hydrogen-bond donors (Lipinski definition) is 0. The van der Waals surface area contributed by atoms with Crippen LogP contribution in [0.15, 0.2) is 300 Å². The average molecular weight is 1590 g/mol. The second-order valence-electron chi connectivity index (χ2n) is 22.4. The summed E-state index contributed by atoms with van der Waals surface area (Å²) in [4.78, 5) is 60.1. The van der Waals surface area contributed by atoms with Crippen LogP contribution in [-0.2, 0) is 0 Å². The molecule has 118 heavy (non-hydrogen) atoms. The maximum Gasteiger partial charge on any atom is 0.128 e. The van der Waals surface area contributed by atoms with Crippen LogP contribution in [0.2, 0.25) is 0 Å². The van der Waals surface area contributed by atoms with E-state index in [1.807, 2.05) is 364 Å². The van der Waals surface area contributed by atoms with Crippen molar-refractivity contribution in [2.75, 3.05) is 0 Å². The third-order valence-electron chi connectivity index (χ3n) is 14.5. The van der Waals surface area contributed by atoms with Crippen molar-refractivity contribution in [2.45, 2.75) is 208 Å². The number of para-hydroxylation sites is 4.